The van der Waals surface area contributed by atoms with Crippen molar-refractivity contribution in [1.82, 2.24) is 0 Å². The molecule has 2 aromatic carbocycles. The molecule has 0 aliphatic rings. The maximum Gasteiger partial charge on any atom is 0.200 e. The van der Waals surface area contributed by atoms with E-state index in [0.29, 0.717) is 47.1 Å². The fraction of sp³-hybridized carbons (Fsp3) is 0.435. The molecule has 0 aliphatic heterocycles. The maximum atomic E-state index is 13.1. The highest BCUT2D eigenvalue weighted by molar-refractivity contribution is 5.90. The van der Waals surface area contributed by atoms with E-state index in [1.54, 1.807) is 24.3 Å². The third-order valence-electron chi connectivity index (χ3n) is 5.26. The Bertz CT molecular complexity index is 1020. The van der Waals surface area contributed by atoms with E-state index in [-0.39, 0.29) is 18.6 Å². The van der Waals surface area contributed by atoms with E-state index in [4.69, 9.17) is 14.9 Å². The van der Waals surface area contributed by atoms with Gasteiger partial charge in [-0.25, -0.2) is 0 Å². The molecule has 0 fully saturated rings. The molecule has 0 aliphatic carbocycles. The molecule has 1 aromatic heterocycles. The van der Waals surface area contributed by atoms with E-state index in [2.05, 4.69) is 6.92 Å². The summed E-state index contributed by atoms with van der Waals surface area (Å²) < 4.78 is 11.7. The Morgan fingerprint density at radius 1 is 1.03 bits per heavy atom. The minimum Gasteiger partial charge on any atom is -0.494 e. The van der Waals surface area contributed by atoms with Gasteiger partial charge in [-0.1, -0.05) is 25.8 Å². The van der Waals surface area contributed by atoms with E-state index < -0.39 is 5.54 Å². The number of hydrogen-bond acceptors (Lipinski definition) is 6. The van der Waals surface area contributed by atoms with Gasteiger partial charge >= 0.3 is 0 Å². The van der Waals surface area contributed by atoms with Gasteiger partial charge in [-0.2, -0.15) is 0 Å². The van der Waals surface area contributed by atoms with Crippen LogP contribution in [0.4, 0.5) is 0 Å². The maximum absolute atomic E-state index is 13.1. The minimum atomic E-state index is -1.03. The highest BCUT2D eigenvalue weighted by Gasteiger charge is 2.22. The number of fused-ring (bicyclic) bond motifs is 2. The van der Waals surface area contributed by atoms with Crippen LogP contribution in [-0.2, 0) is 6.42 Å². The van der Waals surface area contributed by atoms with E-state index in [1.807, 2.05) is 12.1 Å². The number of unbranched alkanes of at least 4 members (excludes halogenated alkanes) is 2. The highest BCUT2D eigenvalue weighted by atomic mass is 16.5. The number of ether oxygens (including phenoxy) is 1. The summed E-state index contributed by atoms with van der Waals surface area (Å²) in [5, 5.41) is 19.7. The Morgan fingerprint density at radius 2 is 1.72 bits per heavy atom. The van der Waals surface area contributed by atoms with Crippen LogP contribution in [0, 0.1) is 0 Å². The molecule has 3 aromatic rings. The molecular formula is C23H29NO5. The first kappa shape index (κ1) is 21.3. The normalized spacial score (nSPS) is 12.0. The Hall–Kier alpha value is -2.41. The topological polar surface area (TPSA) is 106 Å². The van der Waals surface area contributed by atoms with Gasteiger partial charge in [0.1, 0.15) is 16.9 Å². The first-order chi connectivity index (χ1) is 14.0. The van der Waals surface area contributed by atoms with Crippen molar-refractivity contribution in [3.8, 4) is 5.75 Å². The van der Waals surface area contributed by atoms with Crippen molar-refractivity contribution >= 4 is 21.9 Å². The van der Waals surface area contributed by atoms with Gasteiger partial charge in [0.2, 0.25) is 5.43 Å². The van der Waals surface area contributed by atoms with Crippen molar-refractivity contribution in [2.24, 2.45) is 5.73 Å². The SMILES string of the molecule is CCCCCOc1ccc2oc3ccc(CCC(N)(CO)CO)cc3c(=O)c2c1. The van der Waals surface area contributed by atoms with E-state index in [9.17, 15) is 15.0 Å². The zero-order valence-electron chi connectivity index (χ0n) is 16.8. The van der Waals surface area contributed by atoms with Crippen LogP contribution in [0.3, 0.4) is 0 Å². The van der Waals surface area contributed by atoms with Crippen molar-refractivity contribution in [2.75, 3.05) is 19.8 Å². The lowest BCUT2D eigenvalue weighted by atomic mass is 9.93. The van der Waals surface area contributed by atoms with E-state index in [0.717, 1.165) is 24.8 Å². The van der Waals surface area contributed by atoms with Crippen LogP contribution in [0.25, 0.3) is 21.9 Å². The second-order valence-electron chi connectivity index (χ2n) is 7.65. The van der Waals surface area contributed by atoms with Crippen molar-refractivity contribution in [3.05, 3.63) is 52.2 Å². The number of aliphatic hydroxyl groups is 2. The molecule has 0 saturated heterocycles. The van der Waals surface area contributed by atoms with Gasteiger partial charge in [-0.3, -0.25) is 4.79 Å². The van der Waals surface area contributed by atoms with Crippen LogP contribution in [0.5, 0.6) is 5.75 Å². The van der Waals surface area contributed by atoms with Gasteiger partial charge in [-0.15, -0.1) is 0 Å². The number of benzene rings is 2. The monoisotopic (exact) mass is 399 g/mol. The largest absolute Gasteiger partial charge is 0.494 e. The van der Waals surface area contributed by atoms with Crippen LogP contribution >= 0.6 is 0 Å². The second kappa shape index (κ2) is 9.39. The van der Waals surface area contributed by atoms with Crippen LogP contribution in [-0.4, -0.2) is 35.6 Å². The highest BCUT2D eigenvalue weighted by Crippen LogP contribution is 2.24. The molecule has 0 radical (unpaired) electrons. The summed E-state index contributed by atoms with van der Waals surface area (Å²) in [5.74, 6) is 0.662. The predicted octanol–water partition coefficient (Wildman–Crippen LogP) is 3.13. The third-order valence-corrected chi connectivity index (χ3v) is 5.26. The molecule has 0 saturated carbocycles. The fourth-order valence-corrected chi connectivity index (χ4v) is 3.27. The standard InChI is InChI=1S/C23H29NO5/c1-2-3-4-11-28-17-6-8-21-19(13-17)22(27)18-12-16(5-7-20(18)29-21)9-10-23(24,14-25)15-26/h5-8,12-13,25-26H,2-4,9-11,14-15,24H2,1H3. The first-order valence-electron chi connectivity index (χ1n) is 10.1. The summed E-state index contributed by atoms with van der Waals surface area (Å²) in [6.45, 7) is 2.16. The van der Waals surface area contributed by atoms with Crippen molar-refractivity contribution in [2.45, 2.75) is 44.6 Å². The molecule has 29 heavy (non-hydrogen) atoms. The Kier molecular flexibility index (Phi) is 6.90. The van der Waals surface area contributed by atoms with Gasteiger partial charge in [0.15, 0.2) is 0 Å². The van der Waals surface area contributed by atoms with Gasteiger partial charge < -0.3 is 25.1 Å². The lowest BCUT2D eigenvalue weighted by molar-refractivity contribution is 0.115. The summed E-state index contributed by atoms with van der Waals surface area (Å²) in [6.07, 6.45) is 4.15. The zero-order chi connectivity index (χ0) is 20.9. The van der Waals surface area contributed by atoms with Crippen molar-refractivity contribution in [1.29, 1.82) is 0 Å². The third kappa shape index (κ3) is 4.96. The van der Waals surface area contributed by atoms with E-state index in [1.165, 1.54) is 0 Å². The number of aryl methyl sites for hydroxylation is 1. The quantitative estimate of drug-likeness (QED) is 0.357. The molecule has 3 rings (SSSR count). The summed E-state index contributed by atoms with van der Waals surface area (Å²) in [5.41, 5.74) is 6.74. The molecule has 156 valence electrons. The average Bonchev–Trinajstić information content (AvgIpc) is 2.75. The lowest BCUT2D eigenvalue weighted by Gasteiger charge is -2.24. The van der Waals surface area contributed by atoms with E-state index >= 15 is 0 Å². The summed E-state index contributed by atoms with van der Waals surface area (Å²) in [7, 11) is 0. The fourth-order valence-electron chi connectivity index (χ4n) is 3.27. The summed E-state index contributed by atoms with van der Waals surface area (Å²) >= 11 is 0. The molecule has 0 bridgehead atoms. The second-order valence-corrected chi connectivity index (χ2v) is 7.65. The average molecular weight is 399 g/mol. The van der Waals surface area contributed by atoms with Crippen LogP contribution < -0.4 is 15.9 Å². The molecule has 0 amide bonds. The Labute approximate surface area is 169 Å². The molecule has 0 unspecified atom stereocenters. The summed E-state index contributed by atoms with van der Waals surface area (Å²) in [6, 6.07) is 10.8. The smallest absolute Gasteiger partial charge is 0.200 e. The zero-order valence-corrected chi connectivity index (χ0v) is 16.8. The molecule has 6 nitrogen and oxygen atoms in total. The van der Waals surface area contributed by atoms with Gasteiger partial charge in [0.05, 0.1) is 36.1 Å². The van der Waals surface area contributed by atoms with Crippen molar-refractivity contribution in [3.63, 3.8) is 0 Å². The number of hydrogen-bond donors (Lipinski definition) is 3. The predicted molar refractivity (Wildman–Crippen MR) is 114 cm³/mol. The molecule has 6 heteroatoms. The molecule has 0 atom stereocenters. The van der Waals surface area contributed by atoms with Gasteiger partial charge in [0.25, 0.3) is 0 Å². The Morgan fingerprint density at radius 3 is 2.41 bits per heavy atom. The lowest BCUT2D eigenvalue weighted by Crippen LogP contribution is -2.47. The van der Waals surface area contributed by atoms with Crippen LogP contribution in [0.15, 0.2) is 45.6 Å². The minimum absolute atomic E-state index is 0.106. The molecule has 4 N–H and O–H groups in total. The van der Waals surface area contributed by atoms with Gasteiger partial charge in [0, 0.05) is 0 Å². The molecule has 1 heterocycles. The van der Waals surface area contributed by atoms with Crippen LogP contribution in [0.1, 0.15) is 38.2 Å². The molecule has 0 spiro atoms. The molecular weight excluding hydrogens is 370 g/mol. The van der Waals surface area contributed by atoms with Crippen LogP contribution in [0.2, 0.25) is 0 Å². The number of rotatable bonds is 10. The number of nitrogens with two attached hydrogens (primary N) is 1. The van der Waals surface area contributed by atoms with Crippen molar-refractivity contribution < 1.29 is 19.4 Å². The number of aliphatic hydroxyl groups excluding tert-OH is 2. The summed E-state index contributed by atoms with van der Waals surface area (Å²) in [4.78, 5) is 13.1. The Balaban J connectivity index is 1.89. The van der Waals surface area contributed by atoms with Gasteiger partial charge in [-0.05, 0) is 55.2 Å². The first-order valence-corrected chi connectivity index (χ1v) is 10.1.